The summed E-state index contributed by atoms with van der Waals surface area (Å²) in [5.74, 6) is -0.745. The SMILES string of the molecule is CCCCCNC(=O)CCN(C(C)=O)c1cc(C(F)(F)F)ccc1Cl. The van der Waals surface area contributed by atoms with E-state index in [1.807, 2.05) is 6.92 Å². The van der Waals surface area contributed by atoms with Crippen molar-refractivity contribution < 1.29 is 22.8 Å². The Balaban J connectivity index is 2.81. The van der Waals surface area contributed by atoms with Crippen molar-refractivity contribution in [3.8, 4) is 0 Å². The van der Waals surface area contributed by atoms with E-state index in [2.05, 4.69) is 5.32 Å². The lowest BCUT2D eigenvalue weighted by molar-refractivity contribution is -0.137. The third kappa shape index (κ3) is 6.94. The Bertz CT molecular complexity index is 606. The summed E-state index contributed by atoms with van der Waals surface area (Å²) in [5.41, 5.74) is -0.954. The second-order valence-electron chi connectivity index (χ2n) is 5.64. The molecular weight excluding hydrogens is 357 g/mol. The van der Waals surface area contributed by atoms with Gasteiger partial charge in [-0.1, -0.05) is 31.4 Å². The fraction of sp³-hybridized carbons (Fsp3) is 0.529. The molecule has 0 radical (unpaired) electrons. The average Bonchev–Trinajstić information content (AvgIpc) is 2.52. The van der Waals surface area contributed by atoms with Gasteiger partial charge in [0.25, 0.3) is 0 Å². The number of amides is 2. The van der Waals surface area contributed by atoms with Gasteiger partial charge in [-0.2, -0.15) is 13.2 Å². The van der Waals surface area contributed by atoms with E-state index < -0.39 is 17.6 Å². The fourth-order valence-electron chi connectivity index (χ4n) is 2.25. The molecule has 0 aliphatic rings. The van der Waals surface area contributed by atoms with Gasteiger partial charge >= 0.3 is 6.18 Å². The van der Waals surface area contributed by atoms with E-state index in [0.717, 1.165) is 42.4 Å². The molecule has 0 fully saturated rings. The Morgan fingerprint density at radius 2 is 1.92 bits per heavy atom. The quantitative estimate of drug-likeness (QED) is 0.681. The number of unbranched alkanes of at least 4 members (excludes halogenated alkanes) is 2. The first-order chi connectivity index (χ1) is 11.7. The van der Waals surface area contributed by atoms with Crippen LogP contribution in [0.2, 0.25) is 5.02 Å². The number of carbonyl (C=O) groups excluding carboxylic acids is 2. The van der Waals surface area contributed by atoms with E-state index in [1.54, 1.807) is 0 Å². The highest BCUT2D eigenvalue weighted by molar-refractivity contribution is 6.33. The summed E-state index contributed by atoms with van der Waals surface area (Å²) in [4.78, 5) is 24.7. The highest BCUT2D eigenvalue weighted by Crippen LogP contribution is 2.35. The number of halogens is 4. The molecule has 2 amide bonds. The molecule has 1 rings (SSSR count). The topological polar surface area (TPSA) is 49.4 Å². The molecule has 0 unspecified atom stereocenters. The molecule has 4 nitrogen and oxygen atoms in total. The molecule has 0 spiro atoms. The highest BCUT2D eigenvalue weighted by atomic mass is 35.5. The summed E-state index contributed by atoms with van der Waals surface area (Å²) in [6.07, 6.45) is -1.67. The van der Waals surface area contributed by atoms with Crippen LogP contribution in [0.15, 0.2) is 18.2 Å². The lowest BCUT2D eigenvalue weighted by atomic mass is 10.1. The van der Waals surface area contributed by atoms with E-state index in [9.17, 15) is 22.8 Å². The predicted octanol–water partition coefficient (Wildman–Crippen LogP) is 4.41. The Morgan fingerprint density at radius 1 is 1.24 bits per heavy atom. The maximum atomic E-state index is 12.9. The van der Waals surface area contributed by atoms with Gasteiger partial charge in [0.15, 0.2) is 0 Å². The molecule has 0 atom stereocenters. The molecule has 0 aliphatic heterocycles. The predicted molar refractivity (Wildman–Crippen MR) is 91.6 cm³/mol. The van der Waals surface area contributed by atoms with Crippen molar-refractivity contribution >= 4 is 29.1 Å². The molecule has 1 N–H and O–H groups in total. The monoisotopic (exact) mass is 378 g/mol. The van der Waals surface area contributed by atoms with Crippen molar-refractivity contribution in [2.45, 2.75) is 45.7 Å². The van der Waals surface area contributed by atoms with Crippen LogP contribution in [0.25, 0.3) is 0 Å². The number of hydrogen-bond donors (Lipinski definition) is 1. The second kappa shape index (κ2) is 9.65. The van der Waals surface area contributed by atoms with Crippen LogP contribution in [0.3, 0.4) is 0 Å². The lowest BCUT2D eigenvalue weighted by Gasteiger charge is -2.23. The Hall–Kier alpha value is -1.76. The second-order valence-corrected chi connectivity index (χ2v) is 6.05. The molecular formula is C17H22ClF3N2O2. The average molecular weight is 379 g/mol. The molecule has 0 saturated heterocycles. The summed E-state index contributed by atoms with van der Waals surface area (Å²) in [5, 5.41) is 2.74. The summed E-state index contributed by atoms with van der Waals surface area (Å²) >= 11 is 5.96. The summed E-state index contributed by atoms with van der Waals surface area (Å²) in [6.45, 7) is 3.76. The first-order valence-corrected chi connectivity index (χ1v) is 8.46. The Labute approximate surface area is 150 Å². The van der Waals surface area contributed by atoms with Gasteiger partial charge in [-0.05, 0) is 24.6 Å². The van der Waals surface area contributed by atoms with Crippen LogP contribution in [-0.4, -0.2) is 24.9 Å². The number of carbonyl (C=O) groups is 2. The number of hydrogen-bond acceptors (Lipinski definition) is 2. The van der Waals surface area contributed by atoms with Crippen molar-refractivity contribution in [3.05, 3.63) is 28.8 Å². The van der Waals surface area contributed by atoms with Crippen LogP contribution < -0.4 is 10.2 Å². The van der Waals surface area contributed by atoms with Crippen LogP contribution >= 0.6 is 11.6 Å². The Morgan fingerprint density at radius 3 is 2.48 bits per heavy atom. The van der Waals surface area contributed by atoms with Gasteiger partial charge in [0.05, 0.1) is 16.3 Å². The first kappa shape index (κ1) is 21.3. The molecule has 140 valence electrons. The zero-order valence-electron chi connectivity index (χ0n) is 14.3. The maximum Gasteiger partial charge on any atom is 0.416 e. The summed E-state index contributed by atoms with van der Waals surface area (Å²) < 4.78 is 38.6. The highest BCUT2D eigenvalue weighted by Gasteiger charge is 2.32. The molecule has 0 bridgehead atoms. The molecule has 1 aromatic rings. The minimum atomic E-state index is -4.54. The van der Waals surface area contributed by atoms with Gasteiger partial charge < -0.3 is 10.2 Å². The third-order valence-electron chi connectivity index (χ3n) is 3.61. The van der Waals surface area contributed by atoms with Crippen molar-refractivity contribution in [3.63, 3.8) is 0 Å². The smallest absolute Gasteiger partial charge is 0.356 e. The molecule has 1 aromatic carbocycles. The number of nitrogens with one attached hydrogen (secondary N) is 1. The molecule has 0 saturated carbocycles. The molecule has 0 aliphatic carbocycles. The summed E-state index contributed by atoms with van der Waals surface area (Å²) in [7, 11) is 0. The van der Waals surface area contributed by atoms with Gasteiger partial charge in [-0.15, -0.1) is 0 Å². The van der Waals surface area contributed by atoms with Gasteiger partial charge in [0.2, 0.25) is 11.8 Å². The standard InChI is InChI=1S/C17H22ClF3N2O2/c1-3-4-5-9-22-16(25)8-10-23(12(2)24)15-11-13(17(19,20)21)6-7-14(15)18/h6-7,11H,3-5,8-10H2,1-2H3,(H,22,25). The number of benzene rings is 1. The van der Waals surface area contributed by atoms with E-state index in [1.165, 1.54) is 6.92 Å². The number of anilines is 1. The van der Waals surface area contributed by atoms with E-state index in [4.69, 9.17) is 11.6 Å². The number of nitrogens with zero attached hydrogens (tertiary/aromatic N) is 1. The van der Waals surface area contributed by atoms with Gasteiger partial charge in [-0.3, -0.25) is 9.59 Å². The van der Waals surface area contributed by atoms with Gasteiger partial charge in [-0.25, -0.2) is 0 Å². The fourth-order valence-corrected chi connectivity index (χ4v) is 2.47. The van der Waals surface area contributed by atoms with Crippen LogP contribution in [0, 0.1) is 0 Å². The molecule has 0 aromatic heterocycles. The van der Waals surface area contributed by atoms with Crippen molar-refractivity contribution in [2.24, 2.45) is 0 Å². The van der Waals surface area contributed by atoms with Crippen molar-refractivity contribution in [2.75, 3.05) is 18.0 Å². The van der Waals surface area contributed by atoms with Crippen LogP contribution in [0.4, 0.5) is 18.9 Å². The van der Waals surface area contributed by atoms with Crippen LogP contribution in [-0.2, 0) is 15.8 Å². The molecule has 8 heteroatoms. The first-order valence-electron chi connectivity index (χ1n) is 8.08. The number of alkyl halides is 3. The van der Waals surface area contributed by atoms with Gasteiger partial charge in [0, 0.05) is 26.4 Å². The van der Waals surface area contributed by atoms with Crippen LogP contribution in [0.1, 0.15) is 45.1 Å². The zero-order valence-corrected chi connectivity index (χ0v) is 15.0. The minimum Gasteiger partial charge on any atom is -0.356 e. The van der Waals surface area contributed by atoms with Crippen molar-refractivity contribution in [1.29, 1.82) is 0 Å². The van der Waals surface area contributed by atoms with E-state index in [-0.39, 0.29) is 29.6 Å². The molecule has 0 heterocycles. The zero-order chi connectivity index (χ0) is 19.0. The number of rotatable bonds is 8. The largest absolute Gasteiger partial charge is 0.416 e. The normalized spacial score (nSPS) is 11.3. The van der Waals surface area contributed by atoms with Crippen LogP contribution in [0.5, 0.6) is 0 Å². The van der Waals surface area contributed by atoms with Gasteiger partial charge in [0.1, 0.15) is 0 Å². The minimum absolute atomic E-state index is 0.0156. The van der Waals surface area contributed by atoms with E-state index in [0.29, 0.717) is 6.54 Å². The Kier molecular flexibility index (Phi) is 8.22. The van der Waals surface area contributed by atoms with Crippen molar-refractivity contribution in [1.82, 2.24) is 5.32 Å². The lowest BCUT2D eigenvalue weighted by Crippen LogP contribution is -2.34. The third-order valence-corrected chi connectivity index (χ3v) is 3.93. The summed E-state index contributed by atoms with van der Waals surface area (Å²) in [6, 6.07) is 2.77. The maximum absolute atomic E-state index is 12.9. The molecule has 25 heavy (non-hydrogen) atoms. The van der Waals surface area contributed by atoms with E-state index >= 15 is 0 Å².